The second kappa shape index (κ2) is 9.64. The highest BCUT2D eigenvalue weighted by Gasteiger charge is 2.46. The number of anilines is 1. The van der Waals surface area contributed by atoms with Gasteiger partial charge in [0, 0.05) is 18.1 Å². The van der Waals surface area contributed by atoms with Crippen molar-refractivity contribution in [3.63, 3.8) is 0 Å². The summed E-state index contributed by atoms with van der Waals surface area (Å²) in [6, 6.07) is 19.6. The zero-order chi connectivity index (χ0) is 25.3. The van der Waals surface area contributed by atoms with Crippen molar-refractivity contribution in [3.8, 4) is 0 Å². The Morgan fingerprint density at radius 3 is 2.03 bits per heavy atom. The van der Waals surface area contributed by atoms with Gasteiger partial charge in [0.15, 0.2) is 6.10 Å². The van der Waals surface area contributed by atoms with Gasteiger partial charge in [-0.3, -0.25) is 13.8 Å². The zero-order valence-corrected chi connectivity index (χ0v) is 20.8. The molecule has 3 atom stereocenters. The number of ether oxygens (including phenoxy) is 1. The van der Waals surface area contributed by atoms with Gasteiger partial charge in [-0.05, 0) is 51.1 Å². The Labute approximate surface area is 205 Å². The van der Waals surface area contributed by atoms with Gasteiger partial charge in [0.2, 0.25) is 0 Å². The molecular weight excluding hydrogens is 466 g/mol. The second-order valence-electron chi connectivity index (χ2n) is 8.70. The molecule has 1 amide bonds. The number of aryl methyl sites for hydroxylation is 2. The summed E-state index contributed by atoms with van der Waals surface area (Å²) in [4.78, 5) is 27.1. The minimum absolute atomic E-state index is 0.0212. The van der Waals surface area contributed by atoms with E-state index in [-0.39, 0.29) is 10.8 Å². The van der Waals surface area contributed by atoms with E-state index in [1.54, 1.807) is 55.5 Å². The molecule has 0 unspecified atom stereocenters. The number of benzene rings is 3. The molecule has 1 heterocycles. The van der Waals surface area contributed by atoms with Crippen LogP contribution in [0, 0.1) is 13.8 Å². The van der Waals surface area contributed by atoms with Crippen LogP contribution in [0.5, 0.6) is 0 Å². The lowest BCUT2D eigenvalue weighted by atomic mass is 9.90. The van der Waals surface area contributed by atoms with E-state index in [0.29, 0.717) is 16.8 Å². The fraction of sp³-hybridized carbons (Fsp3) is 0.259. The predicted octanol–water partition coefficient (Wildman–Crippen LogP) is 4.73. The van der Waals surface area contributed by atoms with Crippen LogP contribution in [0.15, 0.2) is 77.7 Å². The summed E-state index contributed by atoms with van der Waals surface area (Å²) in [5.74, 6) is -0.899. The van der Waals surface area contributed by atoms with Gasteiger partial charge < -0.3 is 9.64 Å². The Morgan fingerprint density at radius 2 is 1.43 bits per heavy atom. The quantitative estimate of drug-likeness (QED) is 0.377. The van der Waals surface area contributed by atoms with Crippen molar-refractivity contribution >= 4 is 27.7 Å². The van der Waals surface area contributed by atoms with Crippen LogP contribution in [0.25, 0.3) is 0 Å². The maximum absolute atomic E-state index is 13.6. The van der Waals surface area contributed by atoms with Crippen LogP contribution in [0.4, 0.5) is 5.69 Å². The molecule has 1 aliphatic heterocycles. The average Bonchev–Trinajstić information content (AvgIpc) is 2.81. The lowest BCUT2D eigenvalue weighted by Crippen LogP contribution is -2.53. The molecule has 0 saturated heterocycles. The number of rotatable bonds is 5. The molecule has 0 spiro atoms. The van der Waals surface area contributed by atoms with Gasteiger partial charge >= 0.3 is 5.97 Å². The van der Waals surface area contributed by atoms with Crippen molar-refractivity contribution in [2.75, 3.05) is 4.90 Å². The third-order valence-corrected chi connectivity index (χ3v) is 7.37. The van der Waals surface area contributed by atoms with Crippen LogP contribution in [0.3, 0.4) is 0 Å². The Bertz CT molecular complexity index is 1350. The number of para-hydroxylation sites is 1. The lowest BCUT2D eigenvalue weighted by molar-refractivity contribution is -0.152. The normalized spacial score (nSPS) is 19.7. The smallest absolute Gasteiger partial charge is 0.303 e. The van der Waals surface area contributed by atoms with E-state index in [9.17, 15) is 18.0 Å². The van der Waals surface area contributed by atoms with Gasteiger partial charge in [-0.25, -0.2) is 0 Å². The van der Waals surface area contributed by atoms with E-state index in [2.05, 4.69) is 0 Å². The Balaban J connectivity index is 1.81. The standard InChI is InChI=1S/C27H27NO6S/c1-17-9-13-21(14-10-17)27(30)28-19(3)25(34-35(31,32)22-15-11-18(2)12-16-22)26(33-20(4)29)23-7-5-6-8-24(23)28/h5-16,19,25-26H,1-4H3/t19-,25-,26-/m1/s1. The first kappa shape index (κ1) is 24.6. The Kier molecular flexibility index (Phi) is 6.78. The average molecular weight is 494 g/mol. The van der Waals surface area contributed by atoms with Gasteiger partial charge in [0.1, 0.15) is 6.10 Å². The van der Waals surface area contributed by atoms with E-state index >= 15 is 0 Å². The molecule has 1 aliphatic rings. The predicted molar refractivity (Wildman–Crippen MR) is 132 cm³/mol. The fourth-order valence-electron chi connectivity index (χ4n) is 4.22. The Hall–Kier alpha value is -3.49. The van der Waals surface area contributed by atoms with Crippen molar-refractivity contribution in [3.05, 3.63) is 95.1 Å². The van der Waals surface area contributed by atoms with Gasteiger partial charge in [0.25, 0.3) is 16.0 Å². The van der Waals surface area contributed by atoms with Crippen molar-refractivity contribution in [1.82, 2.24) is 0 Å². The third-order valence-electron chi connectivity index (χ3n) is 6.04. The van der Waals surface area contributed by atoms with Gasteiger partial charge in [-0.2, -0.15) is 8.42 Å². The molecule has 0 aromatic heterocycles. The van der Waals surface area contributed by atoms with Crippen molar-refractivity contribution < 1.29 is 26.9 Å². The van der Waals surface area contributed by atoms with Crippen LogP contribution in [-0.2, 0) is 23.8 Å². The summed E-state index contributed by atoms with van der Waals surface area (Å²) >= 11 is 0. The van der Waals surface area contributed by atoms with Crippen molar-refractivity contribution in [1.29, 1.82) is 0 Å². The topological polar surface area (TPSA) is 90.0 Å². The van der Waals surface area contributed by atoms with E-state index < -0.39 is 34.3 Å². The monoisotopic (exact) mass is 493 g/mol. The van der Waals surface area contributed by atoms with Gasteiger partial charge in [0.05, 0.1) is 16.6 Å². The Morgan fingerprint density at radius 1 is 0.857 bits per heavy atom. The molecule has 7 nitrogen and oxygen atoms in total. The first-order valence-corrected chi connectivity index (χ1v) is 12.7. The summed E-state index contributed by atoms with van der Waals surface area (Å²) in [5.41, 5.74) is 3.38. The number of nitrogens with zero attached hydrogens (tertiary/aromatic N) is 1. The van der Waals surface area contributed by atoms with E-state index in [4.69, 9.17) is 8.92 Å². The minimum Gasteiger partial charge on any atom is -0.455 e. The van der Waals surface area contributed by atoms with Crippen LogP contribution >= 0.6 is 0 Å². The molecule has 182 valence electrons. The molecule has 0 bridgehead atoms. The second-order valence-corrected chi connectivity index (χ2v) is 10.3. The number of carbonyl (C=O) groups excluding carboxylic acids is 2. The molecule has 0 radical (unpaired) electrons. The molecule has 0 N–H and O–H groups in total. The zero-order valence-electron chi connectivity index (χ0n) is 20.0. The minimum atomic E-state index is -4.23. The molecule has 4 rings (SSSR count). The molecule has 3 aromatic rings. The van der Waals surface area contributed by atoms with E-state index in [1.165, 1.54) is 24.0 Å². The number of hydrogen-bond acceptors (Lipinski definition) is 6. The molecule has 35 heavy (non-hydrogen) atoms. The van der Waals surface area contributed by atoms with Crippen molar-refractivity contribution in [2.24, 2.45) is 0 Å². The van der Waals surface area contributed by atoms with Crippen LogP contribution in [0.1, 0.15) is 47.0 Å². The van der Waals surface area contributed by atoms with Crippen LogP contribution in [0.2, 0.25) is 0 Å². The lowest BCUT2D eigenvalue weighted by Gasteiger charge is -2.43. The number of carbonyl (C=O) groups is 2. The van der Waals surface area contributed by atoms with Crippen LogP contribution in [-0.4, -0.2) is 32.4 Å². The summed E-state index contributed by atoms with van der Waals surface area (Å²) in [7, 11) is -4.23. The number of esters is 1. The molecule has 0 saturated carbocycles. The molecule has 8 heteroatoms. The van der Waals surface area contributed by atoms with Crippen LogP contribution < -0.4 is 4.90 Å². The molecule has 0 fully saturated rings. The van der Waals surface area contributed by atoms with E-state index in [1.807, 2.05) is 26.0 Å². The van der Waals surface area contributed by atoms with Gasteiger partial charge in [-0.15, -0.1) is 0 Å². The summed E-state index contributed by atoms with van der Waals surface area (Å²) < 4.78 is 37.7. The largest absolute Gasteiger partial charge is 0.455 e. The maximum Gasteiger partial charge on any atom is 0.303 e. The highest BCUT2D eigenvalue weighted by atomic mass is 32.2. The number of hydrogen-bond donors (Lipinski definition) is 0. The van der Waals surface area contributed by atoms with Crippen molar-refractivity contribution in [2.45, 2.75) is 50.8 Å². The number of amides is 1. The highest BCUT2D eigenvalue weighted by Crippen LogP contribution is 2.42. The molecule has 3 aromatic carbocycles. The summed E-state index contributed by atoms with van der Waals surface area (Å²) in [6.07, 6.45) is -2.20. The fourth-order valence-corrected chi connectivity index (χ4v) is 5.36. The first-order valence-electron chi connectivity index (χ1n) is 11.2. The first-order chi connectivity index (χ1) is 16.6. The van der Waals surface area contributed by atoms with Gasteiger partial charge in [-0.1, -0.05) is 53.6 Å². The molecular formula is C27H27NO6S. The third kappa shape index (κ3) is 4.99. The SMILES string of the molecule is CC(=O)O[C@@H]1c2ccccc2N(C(=O)c2ccc(C)cc2)[C@H](C)[C@H]1OS(=O)(=O)c1ccc(C)cc1. The number of fused-ring (bicyclic) bond motifs is 1. The van der Waals surface area contributed by atoms with E-state index in [0.717, 1.165) is 11.1 Å². The summed E-state index contributed by atoms with van der Waals surface area (Å²) in [6.45, 7) is 6.72. The highest BCUT2D eigenvalue weighted by molar-refractivity contribution is 7.86. The summed E-state index contributed by atoms with van der Waals surface area (Å²) in [5, 5.41) is 0. The molecule has 0 aliphatic carbocycles. The maximum atomic E-state index is 13.6.